The number of hydrogen-bond donors (Lipinski definition) is 0. The number of rotatable bonds is 5. The maximum atomic E-state index is 11.2. The third-order valence-electron chi connectivity index (χ3n) is 4.73. The first-order valence-electron chi connectivity index (χ1n) is 9.17. The fourth-order valence-electron chi connectivity index (χ4n) is 3.44. The molecule has 8 nitrogen and oxygen atoms in total. The molecule has 30 heavy (non-hydrogen) atoms. The number of benzene rings is 2. The SMILES string of the molecule is Cc1sc2ncn3nc(COc4ccccc4[N+](=O)[O-])nc3c2c1-c1ccccc1. The predicted octanol–water partition coefficient (Wildman–Crippen LogP) is 4.80. The number of fused-ring (bicyclic) bond motifs is 3. The smallest absolute Gasteiger partial charge is 0.310 e. The summed E-state index contributed by atoms with van der Waals surface area (Å²) in [5, 5.41) is 16.6. The second kappa shape index (κ2) is 7.20. The van der Waals surface area contributed by atoms with Crippen molar-refractivity contribution >= 4 is 32.9 Å². The van der Waals surface area contributed by atoms with Crippen molar-refractivity contribution in [1.82, 2.24) is 19.6 Å². The fraction of sp³-hybridized carbons (Fsp3) is 0.0952. The molecule has 2 aromatic carbocycles. The van der Waals surface area contributed by atoms with Crippen molar-refractivity contribution in [3.63, 3.8) is 0 Å². The zero-order chi connectivity index (χ0) is 20.7. The van der Waals surface area contributed by atoms with Crippen LogP contribution in [0.25, 0.3) is 27.0 Å². The van der Waals surface area contributed by atoms with Crippen molar-refractivity contribution < 1.29 is 9.66 Å². The Hall–Kier alpha value is -3.85. The quantitative estimate of drug-likeness (QED) is 0.301. The first-order chi connectivity index (χ1) is 14.6. The normalized spacial score (nSPS) is 11.2. The molecule has 0 amide bonds. The molecule has 5 rings (SSSR count). The Labute approximate surface area is 174 Å². The molecule has 0 N–H and O–H groups in total. The lowest BCUT2D eigenvalue weighted by Crippen LogP contribution is -2.00. The molecule has 0 spiro atoms. The summed E-state index contributed by atoms with van der Waals surface area (Å²) < 4.78 is 7.27. The van der Waals surface area contributed by atoms with E-state index >= 15 is 0 Å². The van der Waals surface area contributed by atoms with Crippen LogP contribution >= 0.6 is 11.3 Å². The third kappa shape index (κ3) is 3.05. The minimum absolute atomic E-state index is 0.0117. The molecular weight excluding hydrogens is 402 g/mol. The van der Waals surface area contributed by atoms with E-state index < -0.39 is 4.92 Å². The summed E-state index contributed by atoms with van der Waals surface area (Å²) in [6, 6.07) is 16.4. The number of ether oxygens (including phenoxy) is 1. The average molecular weight is 417 g/mol. The van der Waals surface area contributed by atoms with Crippen LogP contribution in [0, 0.1) is 17.0 Å². The molecule has 0 radical (unpaired) electrons. The zero-order valence-corrected chi connectivity index (χ0v) is 16.7. The van der Waals surface area contributed by atoms with Gasteiger partial charge in [-0.05, 0) is 18.6 Å². The first-order valence-corrected chi connectivity index (χ1v) is 9.98. The number of aryl methyl sites for hydroxylation is 1. The topological polar surface area (TPSA) is 95.5 Å². The second-order valence-electron chi connectivity index (χ2n) is 6.63. The summed E-state index contributed by atoms with van der Waals surface area (Å²) in [5.74, 6) is 0.603. The maximum Gasteiger partial charge on any atom is 0.310 e. The van der Waals surface area contributed by atoms with E-state index in [1.807, 2.05) is 18.2 Å². The monoisotopic (exact) mass is 417 g/mol. The zero-order valence-electron chi connectivity index (χ0n) is 15.8. The first kappa shape index (κ1) is 18.2. The summed E-state index contributed by atoms with van der Waals surface area (Å²) in [4.78, 5) is 21.9. The van der Waals surface area contributed by atoms with Gasteiger partial charge < -0.3 is 4.74 Å². The molecule has 0 unspecified atom stereocenters. The predicted molar refractivity (Wildman–Crippen MR) is 114 cm³/mol. The Kier molecular flexibility index (Phi) is 4.36. The van der Waals surface area contributed by atoms with Crippen molar-refractivity contribution in [3.05, 3.63) is 81.7 Å². The van der Waals surface area contributed by atoms with Crippen LogP contribution in [0.4, 0.5) is 5.69 Å². The average Bonchev–Trinajstić information content (AvgIpc) is 3.32. The molecule has 3 heterocycles. The third-order valence-corrected chi connectivity index (χ3v) is 5.74. The number of thiophene rings is 1. The minimum Gasteiger partial charge on any atom is -0.478 e. The number of para-hydroxylation sites is 2. The van der Waals surface area contributed by atoms with Gasteiger partial charge in [0.05, 0.1) is 10.3 Å². The van der Waals surface area contributed by atoms with Gasteiger partial charge in [-0.3, -0.25) is 10.1 Å². The molecule has 0 saturated carbocycles. The van der Waals surface area contributed by atoms with Crippen molar-refractivity contribution in [1.29, 1.82) is 0 Å². The Bertz CT molecular complexity index is 1390. The Balaban J connectivity index is 1.57. The maximum absolute atomic E-state index is 11.2. The van der Waals surface area contributed by atoms with Crippen LogP contribution in [-0.2, 0) is 6.61 Å². The highest BCUT2D eigenvalue weighted by molar-refractivity contribution is 7.19. The number of nitro benzene ring substituents is 1. The highest BCUT2D eigenvalue weighted by Crippen LogP contribution is 2.39. The van der Waals surface area contributed by atoms with E-state index in [1.54, 1.807) is 40.4 Å². The van der Waals surface area contributed by atoms with Crippen LogP contribution in [0.1, 0.15) is 10.7 Å². The molecular formula is C21H15N5O3S. The molecule has 0 atom stereocenters. The molecule has 3 aromatic heterocycles. The van der Waals surface area contributed by atoms with E-state index in [4.69, 9.17) is 4.74 Å². The molecule has 148 valence electrons. The van der Waals surface area contributed by atoms with Gasteiger partial charge in [-0.2, -0.15) is 0 Å². The summed E-state index contributed by atoms with van der Waals surface area (Å²) in [7, 11) is 0. The Morgan fingerprint density at radius 2 is 1.90 bits per heavy atom. The van der Waals surface area contributed by atoms with Crippen LogP contribution in [0.5, 0.6) is 5.75 Å². The Morgan fingerprint density at radius 1 is 1.13 bits per heavy atom. The second-order valence-corrected chi connectivity index (χ2v) is 7.84. The van der Waals surface area contributed by atoms with E-state index in [0.717, 1.165) is 26.2 Å². The van der Waals surface area contributed by atoms with Crippen LogP contribution in [0.2, 0.25) is 0 Å². The summed E-state index contributed by atoms with van der Waals surface area (Å²) in [5.41, 5.74) is 2.78. The van der Waals surface area contributed by atoms with Crippen molar-refractivity contribution in [2.45, 2.75) is 13.5 Å². The van der Waals surface area contributed by atoms with Gasteiger partial charge in [0, 0.05) is 16.5 Å². The number of nitro groups is 1. The molecule has 5 aromatic rings. The molecule has 9 heteroatoms. The standard InChI is InChI=1S/C21H15N5O3S/c1-13-18(14-7-3-2-4-8-14)19-20-23-17(24-25(20)12-22-21(19)30-13)11-29-16-10-6-5-9-15(16)26(27)28/h2-10,12H,11H2,1H3. The van der Waals surface area contributed by atoms with Gasteiger partial charge in [0.1, 0.15) is 11.2 Å². The van der Waals surface area contributed by atoms with Crippen LogP contribution in [0.15, 0.2) is 60.9 Å². The molecule has 0 aliphatic heterocycles. The van der Waals surface area contributed by atoms with Gasteiger partial charge in [-0.1, -0.05) is 42.5 Å². The van der Waals surface area contributed by atoms with Crippen molar-refractivity contribution in [3.8, 4) is 16.9 Å². The van der Waals surface area contributed by atoms with Gasteiger partial charge in [-0.25, -0.2) is 14.5 Å². The lowest BCUT2D eigenvalue weighted by Gasteiger charge is -2.03. The van der Waals surface area contributed by atoms with Gasteiger partial charge >= 0.3 is 5.69 Å². The fourth-order valence-corrected chi connectivity index (χ4v) is 4.45. The molecule has 0 bridgehead atoms. The summed E-state index contributed by atoms with van der Waals surface area (Å²) in [6.45, 7) is 2.08. The van der Waals surface area contributed by atoms with Crippen LogP contribution < -0.4 is 4.74 Å². The van der Waals surface area contributed by atoms with Crippen molar-refractivity contribution in [2.24, 2.45) is 0 Å². The summed E-state index contributed by atoms with van der Waals surface area (Å²) >= 11 is 1.61. The largest absolute Gasteiger partial charge is 0.478 e. The number of nitrogens with zero attached hydrogens (tertiary/aromatic N) is 5. The molecule has 0 aliphatic rings. The highest BCUT2D eigenvalue weighted by Gasteiger charge is 2.19. The van der Waals surface area contributed by atoms with E-state index in [2.05, 4.69) is 34.1 Å². The lowest BCUT2D eigenvalue weighted by atomic mass is 10.0. The van der Waals surface area contributed by atoms with E-state index in [0.29, 0.717) is 11.5 Å². The van der Waals surface area contributed by atoms with Gasteiger partial charge in [0.15, 0.2) is 23.8 Å². The van der Waals surface area contributed by atoms with Gasteiger partial charge in [-0.15, -0.1) is 16.4 Å². The van der Waals surface area contributed by atoms with Crippen molar-refractivity contribution in [2.75, 3.05) is 0 Å². The Morgan fingerprint density at radius 3 is 2.70 bits per heavy atom. The van der Waals surface area contributed by atoms with Crippen LogP contribution in [0.3, 0.4) is 0 Å². The van der Waals surface area contributed by atoms with E-state index in [-0.39, 0.29) is 18.0 Å². The van der Waals surface area contributed by atoms with Crippen LogP contribution in [-0.4, -0.2) is 24.5 Å². The summed E-state index contributed by atoms with van der Waals surface area (Å²) in [6.07, 6.45) is 1.63. The number of aromatic nitrogens is 4. The van der Waals surface area contributed by atoms with Gasteiger partial charge in [0.2, 0.25) is 0 Å². The van der Waals surface area contributed by atoms with E-state index in [1.165, 1.54) is 6.07 Å². The minimum atomic E-state index is -0.472. The molecule has 0 fully saturated rings. The van der Waals surface area contributed by atoms with E-state index in [9.17, 15) is 10.1 Å². The number of hydrogen-bond acceptors (Lipinski definition) is 7. The molecule has 0 aliphatic carbocycles. The highest BCUT2D eigenvalue weighted by atomic mass is 32.1. The van der Waals surface area contributed by atoms with Gasteiger partial charge in [0.25, 0.3) is 0 Å². The lowest BCUT2D eigenvalue weighted by molar-refractivity contribution is -0.385. The molecule has 0 saturated heterocycles.